The third-order valence-electron chi connectivity index (χ3n) is 9.29. The van der Waals surface area contributed by atoms with Gasteiger partial charge in [0.05, 0.1) is 44.1 Å². The summed E-state index contributed by atoms with van der Waals surface area (Å²) in [5.41, 5.74) is 0.429. The third-order valence-corrected chi connectivity index (χ3v) is 9.29. The number of unbranched alkanes of at least 4 members (excludes halogenated alkanes) is 2. The number of nitrogens with one attached hydrogen (secondary N) is 3. The zero-order valence-electron chi connectivity index (χ0n) is 31.7. The van der Waals surface area contributed by atoms with Gasteiger partial charge in [-0.3, -0.25) is 14.4 Å². The topological polar surface area (TPSA) is 165 Å². The molecule has 1 aliphatic rings. The van der Waals surface area contributed by atoms with Crippen molar-refractivity contribution in [2.45, 2.75) is 91.7 Å². The highest BCUT2D eigenvalue weighted by Gasteiger charge is 2.33. The van der Waals surface area contributed by atoms with Crippen molar-refractivity contribution in [3.05, 3.63) is 29.8 Å². The van der Waals surface area contributed by atoms with Gasteiger partial charge in [0.1, 0.15) is 5.75 Å². The number of hydrogen-bond acceptors (Lipinski definition) is 9. The lowest BCUT2D eigenvalue weighted by Crippen LogP contribution is -2.48. The molecule has 13 nitrogen and oxygen atoms in total. The first kappa shape index (κ1) is 43.7. The van der Waals surface area contributed by atoms with Crippen molar-refractivity contribution in [1.82, 2.24) is 20.9 Å². The predicted molar refractivity (Wildman–Crippen MR) is 195 cm³/mol. The monoisotopic (exact) mass is 720 g/mol. The SMILES string of the molecule is CCCCOC(=O)NC(CC(CNC(=O)c1ccccc1OCCCCOC)C(C)C)C(O)CC(C(=O)NCCC(=O)N1CCOCC1)C(C)C. The van der Waals surface area contributed by atoms with Crippen molar-refractivity contribution < 1.29 is 43.2 Å². The normalized spacial score (nSPS) is 15.5. The fourth-order valence-corrected chi connectivity index (χ4v) is 5.86. The zero-order chi connectivity index (χ0) is 37.6. The minimum Gasteiger partial charge on any atom is -0.493 e. The highest BCUT2D eigenvalue weighted by Crippen LogP contribution is 2.25. The number of hydrogen-bond donors (Lipinski definition) is 4. The highest BCUT2D eigenvalue weighted by atomic mass is 16.5. The van der Waals surface area contributed by atoms with Crippen LogP contribution in [0.5, 0.6) is 5.75 Å². The first-order valence-electron chi connectivity index (χ1n) is 18.7. The molecule has 4 amide bonds. The van der Waals surface area contributed by atoms with E-state index >= 15 is 0 Å². The van der Waals surface area contributed by atoms with Crippen molar-refractivity contribution in [1.29, 1.82) is 0 Å². The molecule has 0 aromatic heterocycles. The number of para-hydroxylation sites is 1. The van der Waals surface area contributed by atoms with Crippen molar-refractivity contribution >= 4 is 23.8 Å². The van der Waals surface area contributed by atoms with Gasteiger partial charge in [-0.05, 0) is 62.0 Å². The summed E-state index contributed by atoms with van der Waals surface area (Å²) in [7, 11) is 1.66. The van der Waals surface area contributed by atoms with Crippen LogP contribution >= 0.6 is 0 Å². The summed E-state index contributed by atoms with van der Waals surface area (Å²) in [5, 5.41) is 20.4. The van der Waals surface area contributed by atoms with Gasteiger partial charge < -0.3 is 44.9 Å². The number of aliphatic hydroxyl groups excluding tert-OH is 1. The summed E-state index contributed by atoms with van der Waals surface area (Å²) >= 11 is 0. The van der Waals surface area contributed by atoms with Crippen LogP contribution in [0.3, 0.4) is 0 Å². The van der Waals surface area contributed by atoms with Crippen LogP contribution < -0.4 is 20.7 Å². The van der Waals surface area contributed by atoms with Gasteiger partial charge in [0, 0.05) is 52.2 Å². The van der Waals surface area contributed by atoms with Gasteiger partial charge in [-0.15, -0.1) is 0 Å². The van der Waals surface area contributed by atoms with Crippen LogP contribution in [-0.2, 0) is 23.8 Å². The number of alkyl carbamates (subject to hydrolysis) is 1. The number of rotatable bonds is 24. The van der Waals surface area contributed by atoms with Crippen LogP contribution in [0.4, 0.5) is 4.79 Å². The molecule has 0 radical (unpaired) electrons. The summed E-state index contributed by atoms with van der Waals surface area (Å²) < 4.78 is 21.7. The Bertz CT molecular complexity index is 1180. The Morgan fingerprint density at radius 2 is 1.63 bits per heavy atom. The van der Waals surface area contributed by atoms with E-state index in [2.05, 4.69) is 16.0 Å². The Hall–Kier alpha value is -3.42. The highest BCUT2D eigenvalue weighted by molar-refractivity contribution is 5.96. The maximum absolute atomic E-state index is 13.4. The molecule has 4 atom stereocenters. The Balaban J connectivity index is 2.10. The number of ether oxygens (including phenoxy) is 4. The van der Waals surface area contributed by atoms with Gasteiger partial charge in [0.25, 0.3) is 5.91 Å². The van der Waals surface area contributed by atoms with Gasteiger partial charge in [-0.2, -0.15) is 0 Å². The molecule has 4 unspecified atom stereocenters. The van der Waals surface area contributed by atoms with Crippen LogP contribution in [0.1, 0.15) is 89.9 Å². The minimum absolute atomic E-state index is 0.0358. The smallest absolute Gasteiger partial charge is 0.407 e. The molecular weight excluding hydrogens is 656 g/mol. The van der Waals surface area contributed by atoms with Gasteiger partial charge in [0.2, 0.25) is 11.8 Å². The maximum atomic E-state index is 13.4. The van der Waals surface area contributed by atoms with Gasteiger partial charge >= 0.3 is 6.09 Å². The standard InChI is InChI=1S/C38H64N4O9/c1-7-8-20-51-38(47)41-32(33(43)25-31(28(4)5)37(46)39-16-15-35(44)42-17-22-49-23-18-42)24-29(27(2)3)26-40-36(45)30-13-9-10-14-34(30)50-21-12-11-19-48-6/h9-10,13-14,27-29,31-33,43H,7-8,11-12,15-26H2,1-6H3,(H,39,46)(H,40,45)(H,41,47). The van der Waals surface area contributed by atoms with Crippen molar-refractivity contribution in [3.8, 4) is 5.75 Å². The van der Waals surface area contributed by atoms with Crippen LogP contribution in [0.25, 0.3) is 0 Å². The number of nitrogens with zero attached hydrogens (tertiary/aromatic N) is 1. The average molecular weight is 721 g/mol. The molecule has 1 aliphatic heterocycles. The Morgan fingerprint density at radius 1 is 0.922 bits per heavy atom. The Morgan fingerprint density at radius 3 is 2.29 bits per heavy atom. The molecule has 0 bridgehead atoms. The third kappa shape index (κ3) is 16.6. The van der Waals surface area contributed by atoms with Gasteiger partial charge in [-0.1, -0.05) is 53.2 Å². The number of amides is 4. The lowest BCUT2D eigenvalue weighted by molar-refractivity contribution is -0.135. The van der Waals surface area contributed by atoms with Crippen LogP contribution in [-0.4, -0.2) is 112 Å². The van der Waals surface area contributed by atoms with E-state index in [0.29, 0.717) is 70.2 Å². The summed E-state index contributed by atoms with van der Waals surface area (Å²) in [6.07, 6.45) is 2.11. The summed E-state index contributed by atoms with van der Waals surface area (Å²) in [6.45, 7) is 13.8. The van der Waals surface area contributed by atoms with E-state index in [4.69, 9.17) is 18.9 Å². The first-order chi connectivity index (χ1) is 24.5. The van der Waals surface area contributed by atoms with Crippen molar-refractivity contribution in [2.75, 3.05) is 66.3 Å². The quantitative estimate of drug-likeness (QED) is 0.115. The van der Waals surface area contributed by atoms with E-state index in [-0.39, 0.29) is 61.5 Å². The molecule has 0 spiro atoms. The molecule has 1 aromatic carbocycles. The first-order valence-corrected chi connectivity index (χ1v) is 18.7. The molecule has 1 aromatic rings. The van der Waals surface area contributed by atoms with Crippen molar-refractivity contribution in [3.63, 3.8) is 0 Å². The molecule has 0 aliphatic carbocycles. The number of benzene rings is 1. The molecule has 0 saturated carbocycles. The number of carbonyl (C=O) groups excluding carboxylic acids is 4. The molecule has 1 saturated heterocycles. The Labute approximate surface area is 304 Å². The van der Waals surface area contributed by atoms with Crippen molar-refractivity contribution in [2.24, 2.45) is 23.7 Å². The van der Waals surface area contributed by atoms with Crippen LogP contribution in [0.15, 0.2) is 24.3 Å². The molecule has 2 rings (SSSR count). The van der Waals surface area contributed by atoms with Crippen LogP contribution in [0.2, 0.25) is 0 Å². The molecule has 1 fully saturated rings. The Kier molecular flexibility index (Phi) is 21.2. The van der Waals surface area contributed by atoms with Crippen LogP contribution in [0, 0.1) is 23.7 Å². The van der Waals surface area contributed by atoms with E-state index in [1.165, 1.54) is 0 Å². The van der Waals surface area contributed by atoms with Gasteiger partial charge in [-0.25, -0.2) is 4.79 Å². The molecule has 1 heterocycles. The van der Waals surface area contributed by atoms with E-state index in [0.717, 1.165) is 19.3 Å². The second-order valence-electron chi connectivity index (χ2n) is 13.9. The number of morpholine rings is 1. The van der Waals surface area contributed by atoms with E-state index in [9.17, 15) is 24.3 Å². The van der Waals surface area contributed by atoms with E-state index in [1.54, 1.807) is 30.2 Å². The molecule has 290 valence electrons. The largest absolute Gasteiger partial charge is 0.493 e. The second kappa shape index (κ2) is 24.7. The summed E-state index contributed by atoms with van der Waals surface area (Å²) in [4.78, 5) is 53.8. The number of methoxy groups -OCH3 is 1. The predicted octanol–water partition coefficient (Wildman–Crippen LogP) is 4.17. The fraction of sp³-hybridized carbons (Fsp3) is 0.737. The molecule has 13 heteroatoms. The fourth-order valence-electron chi connectivity index (χ4n) is 5.86. The maximum Gasteiger partial charge on any atom is 0.407 e. The van der Waals surface area contributed by atoms with E-state index < -0.39 is 24.2 Å². The summed E-state index contributed by atoms with van der Waals surface area (Å²) in [6, 6.07) is 6.36. The second-order valence-corrected chi connectivity index (χ2v) is 13.9. The average Bonchev–Trinajstić information content (AvgIpc) is 3.11. The summed E-state index contributed by atoms with van der Waals surface area (Å²) in [5.74, 6) is -0.803. The zero-order valence-corrected chi connectivity index (χ0v) is 31.7. The number of carbonyl (C=O) groups is 4. The molecule has 4 N–H and O–H groups in total. The van der Waals surface area contributed by atoms with Gasteiger partial charge in [0.15, 0.2) is 0 Å². The number of aliphatic hydroxyl groups is 1. The lowest BCUT2D eigenvalue weighted by Gasteiger charge is -2.32. The minimum atomic E-state index is -1.08. The molecular formula is C38H64N4O9. The molecule has 51 heavy (non-hydrogen) atoms. The lowest BCUT2D eigenvalue weighted by atomic mass is 9.82. The van der Waals surface area contributed by atoms with E-state index in [1.807, 2.05) is 40.7 Å².